The van der Waals surface area contributed by atoms with Gasteiger partial charge < -0.3 is 10.2 Å². The van der Waals surface area contributed by atoms with Gasteiger partial charge in [-0.15, -0.1) is 0 Å². The van der Waals surface area contributed by atoms with Crippen LogP contribution in [0, 0.1) is 0 Å². The fourth-order valence-electron chi connectivity index (χ4n) is 2.22. The molecular weight excluding hydrogens is 218 g/mol. The van der Waals surface area contributed by atoms with Crippen LogP contribution in [0.3, 0.4) is 0 Å². The van der Waals surface area contributed by atoms with Crippen LogP contribution in [-0.4, -0.2) is 48.0 Å². The largest absolute Gasteiger partial charge is 0.361 e. The zero-order valence-corrected chi connectivity index (χ0v) is 11.1. The Balaban J connectivity index is 1.65. The normalized spacial score (nSPS) is 29.6. The van der Waals surface area contributed by atoms with Gasteiger partial charge in [0, 0.05) is 18.3 Å². The number of hydrogen-bond acceptors (Lipinski definition) is 3. The molecule has 0 aromatic carbocycles. The Bertz CT molecular complexity index is 236. The maximum absolute atomic E-state index is 4.64. The van der Waals surface area contributed by atoms with Crippen molar-refractivity contribution < 1.29 is 0 Å². The van der Waals surface area contributed by atoms with Crippen LogP contribution < -0.4 is 5.32 Å². The summed E-state index contributed by atoms with van der Waals surface area (Å²) >= 11 is 1.88. The number of nitrogens with zero attached hydrogens (tertiary/aromatic N) is 2. The summed E-state index contributed by atoms with van der Waals surface area (Å²) in [4.78, 5) is 7.19. The van der Waals surface area contributed by atoms with Crippen molar-refractivity contribution in [3.05, 3.63) is 0 Å². The molecule has 0 radical (unpaired) electrons. The van der Waals surface area contributed by atoms with E-state index in [0.717, 1.165) is 13.1 Å². The average Bonchev–Trinajstić information content (AvgIpc) is 2.78. The Morgan fingerprint density at radius 2 is 2.19 bits per heavy atom. The summed E-state index contributed by atoms with van der Waals surface area (Å²) in [6, 6.07) is 0.652. The van der Waals surface area contributed by atoms with Crippen LogP contribution in [0.5, 0.6) is 0 Å². The smallest absolute Gasteiger partial charge is 0.156 e. The maximum atomic E-state index is 4.64. The van der Waals surface area contributed by atoms with Gasteiger partial charge in [0.25, 0.3) is 0 Å². The molecule has 16 heavy (non-hydrogen) atoms. The van der Waals surface area contributed by atoms with Gasteiger partial charge in [0.05, 0.1) is 6.54 Å². The Morgan fingerprint density at radius 3 is 2.88 bits per heavy atom. The highest BCUT2D eigenvalue weighted by Crippen LogP contribution is 2.15. The number of piperidine rings is 1. The van der Waals surface area contributed by atoms with Crippen molar-refractivity contribution in [2.24, 2.45) is 4.99 Å². The predicted molar refractivity (Wildman–Crippen MR) is 72.3 cm³/mol. The third-order valence-corrected chi connectivity index (χ3v) is 4.45. The highest BCUT2D eigenvalue weighted by atomic mass is 32.2. The molecule has 2 aliphatic rings. The lowest BCUT2D eigenvalue weighted by atomic mass is 10.1. The van der Waals surface area contributed by atoms with Crippen LogP contribution in [0.25, 0.3) is 0 Å². The zero-order valence-electron chi connectivity index (χ0n) is 10.2. The predicted octanol–water partition coefficient (Wildman–Crippen LogP) is 1.94. The molecule has 1 atom stereocenters. The van der Waals surface area contributed by atoms with Gasteiger partial charge in [0.15, 0.2) is 5.17 Å². The SMILES string of the molecule is CCC1CSC(=NCCN2CCCCC2)N1. The van der Waals surface area contributed by atoms with Gasteiger partial charge in [0.2, 0.25) is 0 Å². The van der Waals surface area contributed by atoms with E-state index in [1.54, 1.807) is 0 Å². The average molecular weight is 241 g/mol. The number of nitrogens with one attached hydrogen (secondary N) is 1. The van der Waals surface area contributed by atoms with E-state index in [1.807, 2.05) is 11.8 Å². The molecule has 2 aliphatic heterocycles. The third kappa shape index (κ3) is 3.67. The van der Waals surface area contributed by atoms with Crippen LogP contribution in [0.2, 0.25) is 0 Å². The van der Waals surface area contributed by atoms with Crippen molar-refractivity contribution >= 4 is 16.9 Å². The molecule has 3 nitrogen and oxygen atoms in total. The summed E-state index contributed by atoms with van der Waals surface area (Å²) in [7, 11) is 0. The second-order valence-electron chi connectivity index (χ2n) is 4.65. The van der Waals surface area contributed by atoms with Crippen molar-refractivity contribution in [2.45, 2.75) is 38.6 Å². The van der Waals surface area contributed by atoms with Gasteiger partial charge in [-0.05, 0) is 32.4 Å². The zero-order chi connectivity index (χ0) is 11.2. The van der Waals surface area contributed by atoms with E-state index in [0.29, 0.717) is 6.04 Å². The van der Waals surface area contributed by atoms with E-state index in [9.17, 15) is 0 Å². The highest BCUT2D eigenvalue weighted by Gasteiger charge is 2.17. The summed E-state index contributed by atoms with van der Waals surface area (Å²) in [5.41, 5.74) is 0. The molecular formula is C12H23N3S. The number of amidine groups is 1. The summed E-state index contributed by atoms with van der Waals surface area (Å²) in [5, 5.41) is 4.64. The van der Waals surface area contributed by atoms with Crippen LogP contribution >= 0.6 is 11.8 Å². The van der Waals surface area contributed by atoms with Gasteiger partial charge in [-0.25, -0.2) is 0 Å². The molecule has 0 amide bonds. The molecule has 2 rings (SSSR count). The number of likely N-dealkylation sites (tertiary alicyclic amines) is 1. The number of rotatable bonds is 4. The first-order valence-corrected chi connectivity index (χ1v) is 7.53. The van der Waals surface area contributed by atoms with Crippen molar-refractivity contribution in [1.29, 1.82) is 0 Å². The van der Waals surface area contributed by atoms with E-state index < -0.39 is 0 Å². The van der Waals surface area contributed by atoms with Gasteiger partial charge in [-0.1, -0.05) is 25.1 Å². The van der Waals surface area contributed by atoms with E-state index in [1.165, 1.54) is 49.7 Å². The minimum Gasteiger partial charge on any atom is -0.361 e. The molecule has 2 fully saturated rings. The Hall–Kier alpha value is -0.220. The van der Waals surface area contributed by atoms with Crippen molar-refractivity contribution in [3.8, 4) is 0 Å². The fraction of sp³-hybridized carbons (Fsp3) is 0.917. The Morgan fingerprint density at radius 1 is 1.38 bits per heavy atom. The quantitative estimate of drug-likeness (QED) is 0.815. The lowest BCUT2D eigenvalue weighted by Crippen LogP contribution is -2.32. The molecule has 0 aromatic rings. The molecule has 0 saturated carbocycles. The van der Waals surface area contributed by atoms with Crippen molar-refractivity contribution in [3.63, 3.8) is 0 Å². The Kier molecular flexibility index (Phi) is 4.97. The molecule has 1 unspecified atom stereocenters. The van der Waals surface area contributed by atoms with Crippen LogP contribution in [0.15, 0.2) is 4.99 Å². The van der Waals surface area contributed by atoms with Gasteiger partial charge in [-0.3, -0.25) is 4.99 Å². The monoisotopic (exact) mass is 241 g/mol. The molecule has 0 spiro atoms. The standard InChI is InChI=1S/C12H23N3S/c1-2-11-10-16-12(14-11)13-6-9-15-7-4-3-5-8-15/h11H,2-10H2,1H3,(H,13,14). The van der Waals surface area contributed by atoms with Crippen LogP contribution in [-0.2, 0) is 0 Å². The van der Waals surface area contributed by atoms with Crippen LogP contribution in [0.4, 0.5) is 0 Å². The third-order valence-electron chi connectivity index (χ3n) is 3.36. The second-order valence-corrected chi connectivity index (χ2v) is 5.66. The highest BCUT2D eigenvalue weighted by molar-refractivity contribution is 8.14. The number of thioether (sulfide) groups is 1. The lowest BCUT2D eigenvalue weighted by Gasteiger charge is -2.25. The summed E-state index contributed by atoms with van der Waals surface area (Å²) in [6.07, 6.45) is 5.38. The molecule has 2 saturated heterocycles. The topological polar surface area (TPSA) is 27.6 Å². The van der Waals surface area contributed by atoms with Gasteiger partial charge >= 0.3 is 0 Å². The fourth-order valence-corrected chi connectivity index (χ4v) is 3.34. The number of hydrogen-bond donors (Lipinski definition) is 1. The molecule has 1 N–H and O–H groups in total. The van der Waals surface area contributed by atoms with Crippen molar-refractivity contribution in [1.82, 2.24) is 10.2 Å². The lowest BCUT2D eigenvalue weighted by molar-refractivity contribution is 0.235. The van der Waals surface area contributed by atoms with E-state index >= 15 is 0 Å². The first-order valence-electron chi connectivity index (χ1n) is 6.54. The van der Waals surface area contributed by atoms with E-state index in [-0.39, 0.29) is 0 Å². The minimum absolute atomic E-state index is 0.652. The maximum Gasteiger partial charge on any atom is 0.156 e. The second kappa shape index (κ2) is 6.50. The van der Waals surface area contributed by atoms with Gasteiger partial charge in [-0.2, -0.15) is 0 Å². The summed E-state index contributed by atoms with van der Waals surface area (Å²) in [6.45, 7) is 6.90. The van der Waals surface area contributed by atoms with Gasteiger partial charge in [0.1, 0.15) is 0 Å². The van der Waals surface area contributed by atoms with Crippen LogP contribution in [0.1, 0.15) is 32.6 Å². The van der Waals surface area contributed by atoms with E-state index in [4.69, 9.17) is 0 Å². The molecule has 4 heteroatoms. The first kappa shape index (κ1) is 12.2. The first-order chi connectivity index (χ1) is 7.88. The molecule has 92 valence electrons. The summed E-state index contributed by atoms with van der Waals surface area (Å²) in [5.74, 6) is 1.19. The van der Waals surface area contributed by atoms with E-state index in [2.05, 4.69) is 22.1 Å². The minimum atomic E-state index is 0.652. The van der Waals surface area contributed by atoms with Crippen molar-refractivity contribution in [2.75, 3.05) is 31.9 Å². The molecule has 0 aromatic heterocycles. The molecule has 0 bridgehead atoms. The molecule has 2 heterocycles. The summed E-state index contributed by atoms with van der Waals surface area (Å²) < 4.78 is 0. The number of aliphatic imine (C=N–C) groups is 1. The molecule has 0 aliphatic carbocycles. The Labute approximate surface area is 103 Å².